The first-order valence-corrected chi connectivity index (χ1v) is 3.78. The number of nitrogens with two attached hydrogens (primary N) is 1. The normalized spacial score (nSPS) is 10.4. The van der Waals surface area contributed by atoms with Crippen LogP contribution in [0, 0.1) is 0 Å². The van der Waals surface area contributed by atoms with Gasteiger partial charge >= 0.3 is 5.97 Å². The third-order valence-electron chi connectivity index (χ3n) is 1.65. The highest BCUT2D eigenvalue weighted by Gasteiger charge is 2.12. The van der Waals surface area contributed by atoms with Crippen molar-refractivity contribution in [1.29, 1.82) is 0 Å². The third kappa shape index (κ3) is 1.15. The molecular weight excluding hydrogens is 186 g/mol. The van der Waals surface area contributed by atoms with Crippen LogP contribution in [0.1, 0.15) is 10.6 Å². The van der Waals surface area contributed by atoms with Gasteiger partial charge < -0.3 is 10.5 Å². The maximum atomic E-state index is 11.1. The molecule has 14 heavy (non-hydrogen) atoms. The highest BCUT2D eigenvalue weighted by Crippen LogP contribution is 2.04. The molecule has 0 unspecified atom stereocenters. The molecule has 0 aliphatic rings. The van der Waals surface area contributed by atoms with Gasteiger partial charge in [0.15, 0.2) is 5.65 Å². The largest absolute Gasteiger partial charge is 0.463 e. The maximum Gasteiger partial charge on any atom is 0.376 e. The average molecular weight is 193 g/mol. The fraction of sp³-hybridized carbons (Fsp3) is 0.143. The van der Waals surface area contributed by atoms with E-state index in [1.54, 1.807) is 6.07 Å². The van der Waals surface area contributed by atoms with Crippen LogP contribution in [-0.4, -0.2) is 32.7 Å². The zero-order chi connectivity index (χ0) is 10.1. The average Bonchev–Trinajstić information content (AvgIpc) is 2.64. The lowest BCUT2D eigenvalue weighted by molar-refractivity contribution is 0.0587. The lowest BCUT2D eigenvalue weighted by Gasteiger charge is -2.00. The predicted octanol–water partition coefficient (Wildman–Crippen LogP) is -0.507. The van der Waals surface area contributed by atoms with Gasteiger partial charge in [0.1, 0.15) is 0 Å². The van der Waals surface area contributed by atoms with Crippen molar-refractivity contribution in [1.82, 2.24) is 19.6 Å². The first-order valence-electron chi connectivity index (χ1n) is 3.78. The molecule has 0 aliphatic carbocycles. The number of nitrogens with zero attached hydrogens (tertiary/aromatic N) is 4. The molecule has 2 rings (SSSR count). The van der Waals surface area contributed by atoms with E-state index in [-0.39, 0.29) is 11.8 Å². The standard InChI is InChI=1S/C7H7N5O2/c1-14-6(13)5-10-4-2-3-9-12(4)7(8)11-5/h2-3H,1H3,(H2,8,10,11). The molecule has 0 aliphatic heterocycles. The van der Waals surface area contributed by atoms with E-state index >= 15 is 0 Å². The second-order valence-electron chi connectivity index (χ2n) is 2.50. The van der Waals surface area contributed by atoms with Crippen LogP contribution in [0.4, 0.5) is 5.95 Å². The Balaban J connectivity index is 2.64. The summed E-state index contributed by atoms with van der Waals surface area (Å²) in [5.41, 5.74) is 5.99. The SMILES string of the molecule is COC(=O)c1nc(N)n2nccc2n1. The van der Waals surface area contributed by atoms with E-state index in [0.29, 0.717) is 5.65 Å². The van der Waals surface area contributed by atoms with E-state index in [1.807, 2.05) is 0 Å². The van der Waals surface area contributed by atoms with E-state index in [1.165, 1.54) is 17.8 Å². The Kier molecular flexibility index (Phi) is 1.77. The Hall–Kier alpha value is -2.18. The summed E-state index contributed by atoms with van der Waals surface area (Å²) in [7, 11) is 1.25. The molecule has 0 spiro atoms. The molecule has 2 aromatic heterocycles. The van der Waals surface area contributed by atoms with E-state index in [0.717, 1.165) is 0 Å². The van der Waals surface area contributed by atoms with Crippen molar-refractivity contribution in [2.45, 2.75) is 0 Å². The number of rotatable bonds is 1. The summed E-state index contributed by atoms with van der Waals surface area (Å²) in [4.78, 5) is 18.7. The van der Waals surface area contributed by atoms with Crippen LogP contribution in [0.25, 0.3) is 5.65 Å². The topological polar surface area (TPSA) is 95.4 Å². The van der Waals surface area contributed by atoms with Crippen LogP contribution < -0.4 is 5.73 Å². The van der Waals surface area contributed by atoms with Gasteiger partial charge in [-0.1, -0.05) is 0 Å². The Morgan fingerprint density at radius 2 is 2.36 bits per heavy atom. The van der Waals surface area contributed by atoms with Gasteiger partial charge in [-0.2, -0.15) is 14.6 Å². The monoisotopic (exact) mass is 193 g/mol. The summed E-state index contributed by atoms with van der Waals surface area (Å²) in [6.45, 7) is 0. The van der Waals surface area contributed by atoms with Crippen LogP contribution in [0.2, 0.25) is 0 Å². The predicted molar refractivity (Wildman–Crippen MR) is 46.5 cm³/mol. The van der Waals surface area contributed by atoms with Crippen LogP contribution >= 0.6 is 0 Å². The molecule has 0 saturated carbocycles. The molecule has 7 heteroatoms. The molecule has 0 radical (unpaired) electrons. The van der Waals surface area contributed by atoms with Crippen molar-refractivity contribution in [2.24, 2.45) is 0 Å². The third-order valence-corrected chi connectivity index (χ3v) is 1.65. The number of esters is 1. The van der Waals surface area contributed by atoms with Gasteiger partial charge in [0.05, 0.1) is 13.3 Å². The van der Waals surface area contributed by atoms with Crippen molar-refractivity contribution in [3.8, 4) is 0 Å². The molecule has 2 N–H and O–H groups in total. The quantitative estimate of drug-likeness (QED) is 0.613. The highest BCUT2D eigenvalue weighted by molar-refractivity contribution is 5.85. The van der Waals surface area contributed by atoms with Gasteiger partial charge in [-0.3, -0.25) is 0 Å². The van der Waals surface area contributed by atoms with E-state index in [9.17, 15) is 4.79 Å². The Labute approximate surface area is 78.5 Å². The van der Waals surface area contributed by atoms with Gasteiger partial charge in [-0.05, 0) is 0 Å². The van der Waals surface area contributed by atoms with Gasteiger partial charge in [-0.25, -0.2) is 9.78 Å². The van der Waals surface area contributed by atoms with Gasteiger partial charge in [0, 0.05) is 6.07 Å². The first kappa shape index (κ1) is 8.42. The van der Waals surface area contributed by atoms with E-state index in [2.05, 4.69) is 19.8 Å². The molecule has 0 amide bonds. The number of methoxy groups -OCH3 is 1. The summed E-state index contributed by atoms with van der Waals surface area (Å²) in [6.07, 6.45) is 1.52. The zero-order valence-corrected chi connectivity index (χ0v) is 7.34. The minimum absolute atomic E-state index is 0.0713. The second kappa shape index (κ2) is 2.95. The summed E-state index contributed by atoms with van der Waals surface area (Å²) in [5, 5.41) is 3.86. The Morgan fingerprint density at radius 1 is 1.57 bits per heavy atom. The van der Waals surface area contributed by atoms with E-state index < -0.39 is 5.97 Å². The Morgan fingerprint density at radius 3 is 3.07 bits per heavy atom. The van der Waals surface area contributed by atoms with Gasteiger partial charge in [-0.15, -0.1) is 0 Å². The van der Waals surface area contributed by atoms with Crippen molar-refractivity contribution in [3.63, 3.8) is 0 Å². The molecule has 0 bridgehead atoms. The second-order valence-corrected chi connectivity index (χ2v) is 2.50. The number of carbonyl (C=O) groups excluding carboxylic acids is 1. The highest BCUT2D eigenvalue weighted by atomic mass is 16.5. The molecule has 0 saturated heterocycles. The fourth-order valence-electron chi connectivity index (χ4n) is 1.03. The maximum absolute atomic E-state index is 11.1. The zero-order valence-electron chi connectivity index (χ0n) is 7.34. The number of fused-ring (bicyclic) bond motifs is 1. The fourth-order valence-corrected chi connectivity index (χ4v) is 1.03. The molecule has 0 aromatic carbocycles. The van der Waals surface area contributed by atoms with E-state index in [4.69, 9.17) is 5.73 Å². The molecular formula is C7H7N5O2. The molecule has 0 fully saturated rings. The van der Waals surface area contributed by atoms with Crippen LogP contribution in [0.5, 0.6) is 0 Å². The first-order chi connectivity index (χ1) is 6.72. The minimum Gasteiger partial charge on any atom is -0.463 e. The van der Waals surface area contributed by atoms with Crippen molar-refractivity contribution >= 4 is 17.6 Å². The molecule has 2 heterocycles. The summed E-state index contributed by atoms with van der Waals surface area (Å²) >= 11 is 0. The van der Waals surface area contributed by atoms with Gasteiger partial charge in [0.2, 0.25) is 11.8 Å². The van der Waals surface area contributed by atoms with Crippen molar-refractivity contribution < 1.29 is 9.53 Å². The number of hydrogen-bond donors (Lipinski definition) is 1. The summed E-state index contributed by atoms with van der Waals surface area (Å²) in [5.74, 6) is -0.598. The number of ether oxygens (including phenoxy) is 1. The van der Waals surface area contributed by atoms with Crippen molar-refractivity contribution in [2.75, 3.05) is 12.8 Å². The molecule has 0 atom stereocenters. The molecule has 7 nitrogen and oxygen atoms in total. The smallest absolute Gasteiger partial charge is 0.376 e. The number of anilines is 1. The van der Waals surface area contributed by atoms with Crippen molar-refractivity contribution in [3.05, 3.63) is 18.1 Å². The number of aromatic nitrogens is 4. The van der Waals surface area contributed by atoms with Gasteiger partial charge in [0.25, 0.3) is 0 Å². The summed E-state index contributed by atoms with van der Waals surface area (Å²) in [6, 6.07) is 1.62. The number of carbonyl (C=O) groups is 1. The lowest BCUT2D eigenvalue weighted by atomic mass is 10.6. The lowest BCUT2D eigenvalue weighted by Crippen LogP contribution is -2.12. The minimum atomic E-state index is -0.625. The van der Waals surface area contributed by atoms with Crippen LogP contribution in [0.15, 0.2) is 12.3 Å². The Bertz CT molecular complexity index is 492. The molecule has 72 valence electrons. The van der Waals surface area contributed by atoms with Crippen LogP contribution in [0.3, 0.4) is 0 Å². The van der Waals surface area contributed by atoms with Crippen LogP contribution in [-0.2, 0) is 4.74 Å². The molecule has 2 aromatic rings. The number of hydrogen-bond acceptors (Lipinski definition) is 6. The summed E-state index contributed by atoms with van der Waals surface area (Å²) < 4.78 is 5.79. The number of nitrogen functional groups attached to an aromatic ring is 1.